The molecule has 0 saturated carbocycles. The van der Waals surface area contributed by atoms with E-state index in [2.05, 4.69) is 14.7 Å². The highest BCUT2D eigenvalue weighted by Crippen LogP contribution is 2.17. The Hall–Kier alpha value is -2.06. The average molecular weight is 296 g/mol. The molecule has 0 aliphatic carbocycles. The summed E-state index contributed by atoms with van der Waals surface area (Å²) in [6, 6.07) is 4.95. The number of nitrogens with one attached hydrogen (secondary N) is 1. The number of nitrogens with two attached hydrogens (primary N) is 1. The van der Waals surface area contributed by atoms with Gasteiger partial charge in [0.15, 0.2) is 0 Å². The molecule has 6 nitrogen and oxygen atoms in total. The summed E-state index contributed by atoms with van der Waals surface area (Å²) in [5.41, 5.74) is 6.13. The second-order valence-corrected chi connectivity index (χ2v) is 5.84. The predicted octanol–water partition coefficient (Wildman–Crippen LogP) is 0.985. The van der Waals surface area contributed by atoms with Gasteiger partial charge in [-0.25, -0.2) is 27.5 Å². The highest BCUT2D eigenvalue weighted by molar-refractivity contribution is 7.89. The fourth-order valence-corrected chi connectivity index (χ4v) is 2.69. The maximum atomic E-state index is 13.6. The van der Waals surface area contributed by atoms with E-state index in [1.165, 1.54) is 12.3 Å². The molecule has 0 aliphatic heterocycles. The van der Waals surface area contributed by atoms with Gasteiger partial charge >= 0.3 is 0 Å². The third kappa shape index (κ3) is 3.28. The first-order chi connectivity index (χ1) is 9.38. The normalized spacial score (nSPS) is 11.5. The Kier molecular flexibility index (Phi) is 3.96. The lowest BCUT2D eigenvalue weighted by Crippen LogP contribution is -2.25. The molecule has 0 bridgehead atoms. The molecular formula is C12H13FN4O2S. The molecule has 1 heterocycles. The van der Waals surface area contributed by atoms with Gasteiger partial charge in [-0.2, -0.15) is 0 Å². The average Bonchev–Trinajstić information content (AvgIpc) is 2.39. The Balaban J connectivity index is 2.21. The van der Waals surface area contributed by atoms with Crippen LogP contribution in [-0.2, 0) is 16.6 Å². The second kappa shape index (κ2) is 5.51. The summed E-state index contributed by atoms with van der Waals surface area (Å²) in [4.78, 5) is 7.47. The van der Waals surface area contributed by atoms with Crippen molar-refractivity contribution in [3.05, 3.63) is 47.8 Å². The molecule has 0 radical (unpaired) electrons. The minimum absolute atomic E-state index is 0.0556. The van der Waals surface area contributed by atoms with Crippen LogP contribution in [0, 0.1) is 12.7 Å². The minimum atomic E-state index is -3.99. The second-order valence-electron chi connectivity index (χ2n) is 4.11. The number of aromatic nitrogens is 2. The van der Waals surface area contributed by atoms with Gasteiger partial charge < -0.3 is 5.73 Å². The molecular weight excluding hydrogens is 283 g/mol. The van der Waals surface area contributed by atoms with E-state index in [-0.39, 0.29) is 12.2 Å². The quantitative estimate of drug-likeness (QED) is 0.820. The van der Waals surface area contributed by atoms with E-state index in [4.69, 9.17) is 5.73 Å². The molecule has 0 fully saturated rings. The molecule has 2 rings (SSSR count). The lowest BCUT2D eigenvalue weighted by atomic mass is 10.3. The molecule has 0 unspecified atom stereocenters. The summed E-state index contributed by atoms with van der Waals surface area (Å²) in [5, 5.41) is 0. The summed E-state index contributed by atoms with van der Waals surface area (Å²) in [6.07, 6.45) is 1.52. The Morgan fingerprint density at radius 1 is 1.35 bits per heavy atom. The number of hydrogen-bond donors (Lipinski definition) is 2. The molecule has 1 aromatic carbocycles. The number of aryl methyl sites for hydroxylation is 1. The van der Waals surface area contributed by atoms with Crippen LogP contribution in [0.5, 0.6) is 0 Å². The number of nitrogen functional groups attached to an aromatic ring is 1. The lowest BCUT2D eigenvalue weighted by molar-refractivity contribution is 0.556. The van der Waals surface area contributed by atoms with Gasteiger partial charge in [-0.3, -0.25) is 0 Å². The Bertz CT molecular complexity index is 734. The smallest absolute Gasteiger partial charge is 0.243 e. The molecule has 20 heavy (non-hydrogen) atoms. The first-order valence-corrected chi connectivity index (χ1v) is 7.20. The van der Waals surface area contributed by atoms with Crippen LogP contribution in [0.3, 0.4) is 0 Å². The summed E-state index contributed by atoms with van der Waals surface area (Å²) >= 11 is 0. The van der Waals surface area contributed by atoms with Crippen molar-refractivity contribution in [2.45, 2.75) is 18.4 Å². The standard InChI is InChI=1S/C12H13FN4O2S/c1-8-15-5-4-10(17-8)7-16-20(18,19)12-6-9(14)2-3-11(12)13/h2-6,16H,7,14H2,1H3. The predicted molar refractivity (Wildman–Crippen MR) is 71.6 cm³/mol. The summed E-state index contributed by atoms with van der Waals surface area (Å²) in [6.45, 7) is 1.63. The maximum Gasteiger partial charge on any atom is 0.243 e. The highest BCUT2D eigenvalue weighted by atomic mass is 32.2. The van der Waals surface area contributed by atoms with Crippen LogP contribution in [0.1, 0.15) is 11.5 Å². The number of nitrogens with zero attached hydrogens (tertiary/aromatic N) is 2. The Labute approximate surface area is 115 Å². The van der Waals surface area contributed by atoms with Gasteiger partial charge in [-0.05, 0) is 31.2 Å². The van der Waals surface area contributed by atoms with E-state index in [0.29, 0.717) is 11.5 Å². The van der Waals surface area contributed by atoms with Gasteiger partial charge in [-0.15, -0.1) is 0 Å². The van der Waals surface area contributed by atoms with E-state index in [0.717, 1.165) is 12.1 Å². The van der Waals surface area contributed by atoms with E-state index < -0.39 is 20.7 Å². The van der Waals surface area contributed by atoms with E-state index in [9.17, 15) is 12.8 Å². The number of anilines is 1. The Morgan fingerprint density at radius 2 is 2.10 bits per heavy atom. The molecule has 3 N–H and O–H groups in total. The van der Waals surface area contributed by atoms with Crippen molar-refractivity contribution in [3.8, 4) is 0 Å². The van der Waals surface area contributed by atoms with Gasteiger partial charge in [-0.1, -0.05) is 0 Å². The van der Waals surface area contributed by atoms with Crippen molar-refractivity contribution in [1.29, 1.82) is 0 Å². The molecule has 0 spiro atoms. The summed E-state index contributed by atoms with van der Waals surface area (Å²) < 4.78 is 39.9. The molecule has 0 aliphatic rings. The molecule has 2 aromatic rings. The zero-order valence-electron chi connectivity index (χ0n) is 10.7. The van der Waals surface area contributed by atoms with Crippen molar-refractivity contribution in [3.63, 3.8) is 0 Å². The zero-order valence-corrected chi connectivity index (χ0v) is 11.5. The minimum Gasteiger partial charge on any atom is -0.399 e. The lowest BCUT2D eigenvalue weighted by Gasteiger charge is -2.08. The van der Waals surface area contributed by atoms with Gasteiger partial charge in [0.2, 0.25) is 10.0 Å². The van der Waals surface area contributed by atoms with Gasteiger partial charge in [0.1, 0.15) is 16.5 Å². The van der Waals surface area contributed by atoms with Crippen molar-refractivity contribution >= 4 is 15.7 Å². The van der Waals surface area contributed by atoms with E-state index >= 15 is 0 Å². The molecule has 0 saturated heterocycles. The van der Waals surface area contributed by atoms with Crippen LogP contribution in [-0.4, -0.2) is 18.4 Å². The number of rotatable bonds is 4. The van der Waals surface area contributed by atoms with Crippen LogP contribution in [0.15, 0.2) is 35.4 Å². The monoisotopic (exact) mass is 296 g/mol. The first-order valence-electron chi connectivity index (χ1n) is 5.72. The largest absolute Gasteiger partial charge is 0.399 e. The fraction of sp³-hybridized carbons (Fsp3) is 0.167. The van der Waals surface area contributed by atoms with E-state index in [1.54, 1.807) is 13.0 Å². The maximum absolute atomic E-state index is 13.6. The highest BCUT2D eigenvalue weighted by Gasteiger charge is 2.19. The SMILES string of the molecule is Cc1nccc(CNS(=O)(=O)c2cc(N)ccc2F)n1. The number of benzene rings is 1. The van der Waals surface area contributed by atoms with Crippen molar-refractivity contribution < 1.29 is 12.8 Å². The summed E-state index contributed by atoms with van der Waals surface area (Å²) in [7, 11) is -3.99. The van der Waals surface area contributed by atoms with Gasteiger partial charge in [0.25, 0.3) is 0 Å². The topological polar surface area (TPSA) is 98.0 Å². The van der Waals surface area contributed by atoms with Crippen molar-refractivity contribution in [2.75, 3.05) is 5.73 Å². The zero-order chi connectivity index (χ0) is 14.8. The van der Waals surface area contributed by atoms with Crippen molar-refractivity contribution in [1.82, 2.24) is 14.7 Å². The van der Waals surface area contributed by atoms with Gasteiger partial charge in [0.05, 0.1) is 12.2 Å². The molecule has 8 heteroatoms. The van der Waals surface area contributed by atoms with Crippen LogP contribution < -0.4 is 10.5 Å². The van der Waals surface area contributed by atoms with Crippen LogP contribution in [0.4, 0.5) is 10.1 Å². The first kappa shape index (κ1) is 14.4. The molecule has 106 valence electrons. The van der Waals surface area contributed by atoms with E-state index in [1.807, 2.05) is 0 Å². The van der Waals surface area contributed by atoms with Crippen LogP contribution in [0.2, 0.25) is 0 Å². The number of halogens is 1. The van der Waals surface area contributed by atoms with Crippen LogP contribution >= 0.6 is 0 Å². The number of sulfonamides is 1. The van der Waals surface area contributed by atoms with Gasteiger partial charge in [0, 0.05) is 11.9 Å². The van der Waals surface area contributed by atoms with Crippen LogP contribution in [0.25, 0.3) is 0 Å². The molecule has 0 amide bonds. The number of hydrogen-bond acceptors (Lipinski definition) is 5. The van der Waals surface area contributed by atoms with Crippen molar-refractivity contribution in [2.24, 2.45) is 0 Å². The Morgan fingerprint density at radius 3 is 2.80 bits per heavy atom. The molecule has 0 atom stereocenters. The molecule has 1 aromatic heterocycles. The summed E-state index contributed by atoms with van der Waals surface area (Å²) in [5.74, 6) is -0.331. The fourth-order valence-electron chi connectivity index (χ4n) is 1.58. The third-order valence-electron chi connectivity index (χ3n) is 2.52. The third-order valence-corrected chi connectivity index (χ3v) is 3.94.